The highest BCUT2D eigenvalue weighted by molar-refractivity contribution is 7.80. The van der Waals surface area contributed by atoms with Gasteiger partial charge >= 0.3 is 0 Å². The summed E-state index contributed by atoms with van der Waals surface area (Å²) in [4.78, 5) is 7.08. The first kappa shape index (κ1) is 21.1. The van der Waals surface area contributed by atoms with Crippen molar-refractivity contribution in [3.8, 4) is 5.69 Å². The zero-order valence-electron chi connectivity index (χ0n) is 18.6. The third kappa shape index (κ3) is 3.60. The molecule has 6 heteroatoms. The largest absolute Gasteiger partial charge is 0.352 e. The number of halogens is 1. The lowest BCUT2D eigenvalue weighted by molar-refractivity contribution is 0.197. The van der Waals surface area contributed by atoms with Crippen molar-refractivity contribution in [3.63, 3.8) is 0 Å². The average Bonchev–Trinajstić information content (AvgIpc) is 3.31. The molecule has 2 aliphatic rings. The predicted octanol–water partition coefficient (Wildman–Crippen LogP) is 5.93. The summed E-state index contributed by atoms with van der Waals surface area (Å²) in [5.74, 6) is -0.216. The lowest BCUT2D eigenvalue weighted by Crippen LogP contribution is -2.40. The zero-order chi connectivity index (χ0) is 22.2. The van der Waals surface area contributed by atoms with Crippen LogP contribution in [0, 0.1) is 19.7 Å². The van der Waals surface area contributed by atoms with E-state index >= 15 is 0 Å². The van der Waals surface area contributed by atoms with E-state index < -0.39 is 0 Å². The molecule has 0 spiro atoms. The van der Waals surface area contributed by atoms with E-state index in [9.17, 15) is 4.39 Å². The molecule has 2 aromatic heterocycles. The number of benzene rings is 1. The van der Waals surface area contributed by atoms with Gasteiger partial charge < -0.3 is 14.8 Å². The Morgan fingerprint density at radius 3 is 2.50 bits per heavy atom. The van der Waals surface area contributed by atoms with E-state index in [1.807, 2.05) is 42.0 Å². The number of rotatable bonds is 4. The molecule has 5 rings (SSSR count). The summed E-state index contributed by atoms with van der Waals surface area (Å²) in [5.41, 5.74) is 4.81. The number of hydrogen-bond donors (Lipinski definition) is 1. The van der Waals surface area contributed by atoms with Crippen molar-refractivity contribution in [2.24, 2.45) is 0 Å². The maximum absolute atomic E-state index is 14.7. The Morgan fingerprint density at radius 1 is 1.03 bits per heavy atom. The first-order valence-electron chi connectivity index (χ1n) is 11.5. The summed E-state index contributed by atoms with van der Waals surface area (Å²) in [6, 6.07) is 15.6. The van der Waals surface area contributed by atoms with Gasteiger partial charge in [0.1, 0.15) is 5.82 Å². The van der Waals surface area contributed by atoms with Crippen LogP contribution in [0.25, 0.3) is 5.69 Å². The highest BCUT2D eigenvalue weighted by Crippen LogP contribution is 2.44. The van der Waals surface area contributed by atoms with Crippen LogP contribution in [-0.4, -0.2) is 25.6 Å². The Hall–Kier alpha value is -2.73. The predicted molar refractivity (Wildman–Crippen MR) is 129 cm³/mol. The highest BCUT2D eigenvalue weighted by atomic mass is 32.1. The normalized spacial score (nSPS) is 21.7. The van der Waals surface area contributed by atoms with E-state index in [0.29, 0.717) is 11.7 Å². The molecule has 0 radical (unpaired) electrons. The lowest BCUT2D eigenvalue weighted by Gasteiger charge is -2.37. The van der Waals surface area contributed by atoms with Crippen molar-refractivity contribution in [2.75, 3.05) is 0 Å². The maximum atomic E-state index is 14.7. The lowest BCUT2D eigenvalue weighted by atomic mass is 9.90. The Labute approximate surface area is 194 Å². The molecule has 1 saturated carbocycles. The minimum Gasteiger partial charge on any atom is -0.352 e. The second-order valence-corrected chi connectivity index (χ2v) is 9.33. The molecule has 2 fully saturated rings. The first-order chi connectivity index (χ1) is 15.6. The molecule has 0 bridgehead atoms. The second-order valence-electron chi connectivity index (χ2n) is 8.94. The van der Waals surface area contributed by atoms with Crippen LogP contribution in [0.5, 0.6) is 0 Å². The topological polar surface area (TPSA) is 33.1 Å². The molecule has 1 aliphatic heterocycles. The van der Waals surface area contributed by atoms with Crippen LogP contribution >= 0.6 is 12.2 Å². The third-order valence-electron chi connectivity index (χ3n) is 6.99. The van der Waals surface area contributed by atoms with Gasteiger partial charge in [-0.05, 0) is 74.8 Å². The van der Waals surface area contributed by atoms with Gasteiger partial charge in [-0.25, -0.2) is 4.39 Å². The summed E-state index contributed by atoms with van der Waals surface area (Å²) >= 11 is 5.89. The molecule has 0 amide bonds. The minimum atomic E-state index is -0.216. The molecule has 1 N–H and O–H groups in total. The summed E-state index contributed by atoms with van der Waals surface area (Å²) in [5, 5.41) is 4.38. The first-order valence-corrected chi connectivity index (χ1v) is 11.9. The Bertz CT molecular complexity index is 1120. The molecule has 4 nitrogen and oxygen atoms in total. The van der Waals surface area contributed by atoms with Crippen molar-refractivity contribution in [1.82, 2.24) is 19.8 Å². The van der Waals surface area contributed by atoms with Crippen molar-refractivity contribution >= 4 is 17.3 Å². The van der Waals surface area contributed by atoms with Crippen molar-refractivity contribution < 1.29 is 4.39 Å². The van der Waals surface area contributed by atoms with E-state index in [0.717, 1.165) is 35.0 Å². The number of nitrogens with zero attached hydrogens (tertiary/aromatic N) is 3. The van der Waals surface area contributed by atoms with Crippen molar-refractivity contribution in [1.29, 1.82) is 0 Å². The van der Waals surface area contributed by atoms with Gasteiger partial charge in [0, 0.05) is 23.6 Å². The Kier molecular flexibility index (Phi) is 5.72. The molecular weight excluding hydrogens is 419 g/mol. The van der Waals surface area contributed by atoms with Crippen molar-refractivity contribution in [3.05, 3.63) is 83.2 Å². The molecule has 1 saturated heterocycles. The summed E-state index contributed by atoms with van der Waals surface area (Å²) < 4.78 is 16.7. The third-order valence-corrected chi connectivity index (χ3v) is 7.31. The van der Waals surface area contributed by atoms with Gasteiger partial charge in [0.2, 0.25) is 0 Å². The van der Waals surface area contributed by atoms with Gasteiger partial charge in [0.25, 0.3) is 0 Å². The van der Waals surface area contributed by atoms with Crippen LogP contribution in [0.15, 0.2) is 54.7 Å². The molecule has 2 atom stereocenters. The Morgan fingerprint density at radius 2 is 1.78 bits per heavy atom. The average molecular weight is 449 g/mol. The van der Waals surface area contributed by atoms with Crippen LogP contribution in [0.1, 0.15) is 66.8 Å². The number of hydrogen-bond acceptors (Lipinski definition) is 2. The summed E-state index contributed by atoms with van der Waals surface area (Å²) in [6.07, 6.45) is 7.90. The van der Waals surface area contributed by atoms with Crippen molar-refractivity contribution in [2.45, 2.75) is 64.1 Å². The molecule has 3 aromatic rings. The zero-order valence-corrected chi connectivity index (χ0v) is 19.4. The number of aromatic nitrogens is 2. The van der Waals surface area contributed by atoms with E-state index in [1.54, 1.807) is 6.07 Å². The molecule has 1 aromatic carbocycles. The summed E-state index contributed by atoms with van der Waals surface area (Å²) in [6.45, 7) is 4.13. The fraction of sp³-hybridized carbons (Fsp3) is 0.385. The molecule has 166 valence electrons. The summed E-state index contributed by atoms with van der Waals surface area (Å²) in [7, 11) is 0. The van der Waals surface area contributed by atoms with Gasteiger partial charge in [-0.1, -0.05) is 37.5 Å². The Balaban J connectivity index is 1.64. The molecule has 32 heavy (non-hydrogen) atoms. The minimum absolute atomic E-state index is 0.0206. The smallest absolute Gasteiger partial charge is 0.170 e. The standard InChI is InChI=1S/C26H29FN4S/c1-17-16-20(18(2)30(17)23-14-7-6-12-21(23)27)25-24(22-13-8-9-15-28-22)29-26(32)31(25)19-10-4-3-5-11-19/h6-9,12-16,19,24-25H,3-5,10-11H2,1-2H3,(H,29,32)/t24-,25+/m1/s1. The van der Waals surface area contributed by atoms with E-state index in [1.165, 1.54) is 30.9 Å². The fourth-order valence-electron chi connectivity index (χ4n) is 5.54. The van der Waals surface area contributed by atoms with Crippen LogP contribution < -0.4 is 5.32 Å². The fourth-order valence-corrected chi connectivity index (χ4v) is 5.93. The number of pyridine rings is 1. The molecular formula is C26H29FN4S. The SMILES string of the molecule is Cc1cc([C@H]2[C@@H](c3ccccn3)NC(=S)N2C2CCCCC2)c(C)n1-c1ccccc1F. The van der Waals surface area contributed by atoms with Crippen LogP contribution in [0.2, 0.25) is 0 Å². The van der Waals surface area contributed by atoms with Gasteiger partial charge in [0.15, 0.2) is 5.11 Å². The van der Waals surface area contributed by atoms with Crippen LogP contribution in [0.4, 0.5) is 4.39 Å². The quantitative estimate of drug-likeness (QED) is 0.501. The number of aryl methyl sites for hydroxylation is 1. The van der Waals surface area contributed by atoms with Gasteiger partial charge in [0.05, 0.1) is 23.5 Å². The highest BCUT2D eigenvalue weighted by Gasteiger charge is 2.44. The van der Waals surface area contributed by atoms with E-state index in [-0.39, 0.29) is 17.9 Å². The van der Waals surface area contributed by atoms with Gasteiger partial charge in [-0.15, -0.1) is 0 Å². The molecule has 3 heterocycles. The number of para-hydroxylation sites is 1. The van der Waals surface area contributed by atoms with Gasteiger partial charge in [-0.3, -0.25) is 4.98 Å². The maximum Gasteiger partial charge on any atom is 0.170 e. The number of nitrogens with one attached hydrogen (secondary N) is 1. The van der Waals surface area contributed by atoms with Crippen LogP contribution in [0.3, 0.4) is 0 Å². The molecule has 0 unspecified atom stereocenters. The van der Waals surface area contributed by atoms with Gasteiger partial charge in [-0.2, -0.15) is 0 Å². The van der Waals surface area contributed by atoms with Crippen LogP contribution in [-0.2, 0) is 0 Å². The molecule has 1 aliphatic carbocycles. The number of thiocarbonyl (C=S) groups is 1. The second kappa shape index (κ2) is 8.66. The monoisotopic (exact) mass is 448 g/mol. The van der Waals surface area contributed by atoms with E-state index in [4.69, 9.17) is 12.2 Å². The van der Waals surface area contributed by atoms with E-state index in [2.05, 4.69) is 34.3 Å².